The van der Waals surface area contributed by atoms with E-state index in [1.54, 1.807) is 0 Å². The number of aromatic nitrogens is 4. The first-order chi connectivity index (χ1) is 15.7. The van der Waals surface area contributed by atoms with Crippen LogP contribution in [0.25, 0.3) is 21.6 Å². The SMILES string of the molecule is CCC(CC)[PH](=O)OC(C)(CC)C[C@H]1O[C@H](n2c(N=[N+]=[N-])nc3c(N)ncnc32)[C@H](O)[C@@H]1O. The maximum atomic E-state index is 12.8. The maximum Gasteiger partial charge on any atom is 0.201 e. The highest BCUT2D eigenvalue weighted by molar-refractivity contribution is 7.40. The maximum absolute atomic E-state index is 12.8. The lowest BCUT2D eigenvalue weighted by Gasteiger charge is -2.33. The average Bonchev–Trinajstić information content (AvgIpc) is 3.27. The van der Waals surface area contributed by atoms with Crippen molar-refractivity contribution in [2.75, 3.05) is 5.73 Å². The lowest BCUT2D eigenvalue weighted by Crippen LogP contribution is -2.38. The highest BCUT2D eigenvalue weighted by Gasteiger charge is 2.48. The molecule has 1 saturated heterocycles. The molecule has 0 aliphatic carbocycles. The fourth-order valence-corrected chi connectivity index (χ4v) is 5.55. The monoisotopic (exact) mass is 482 g/mol. The number of ether oxygens (including phenoxy) is 1. The van der Waals surface area contributed by atoms with Gasteiger partial charge in [-0.25, -0.2) is 15.0 Å². The largest absolute Gasteiger partial charge is 0.388 e. The van der Waals surface area contributed by atoms with Crippen molar-refractivity contribution in [1.82, 2.24) is 19.5 Å². The Kier molecular flexibility index (Phi) is 7.94. The number of rotatable bonds is 10. The second kappa shape index (κ2) is 10.3. The van der Waals surface area contributed by atoms with Crippen LogP contribution in [0.1, 0.15) is 59.6 Å². The average molecular weight is 482 g/mol. The van der Waals surface area contributed by atoms with Crippen molar-refractivity contribution in [2.24, 2.45) is 5.11 Å². The van der Waals surface area contributed by atoms with Crippen LogP contribution in [0.4, 0.5) is 11.8 Å². The smallest absolute Gasteiger partial charge is 0.201 e. The Bertz CT molecular complexity index is 1060. The van der Waals surface area contributed by atoms with Crippen LogP contribution in [0.5, 0.6) is 0 Å². The zero-order chi connectivity index (χ0) is 24.3. The molecule has 2 aromatic heterocycles. The van der Waals surface area contributed by atoms with E-state index in [0.717, 1.165) is 12.8 Å². The van der Waals surface area contributed by atoms with E-state index in [0.29, 0.717) is 6.42 Å². The number of nitrogen functional groups attached to an aromatic ring is 1. The number of nitrogens with zero attached hydrogens (tertiary/aromatic N) is 7. The van der Waals surface area contributed by atoms with Gasteiger partial charge in [0.25, 0.3) is 0 Å². The molecule has 0 amide bonds. The van der Waals surface area contributed by atoms with Gasteiger partial charge < -0.3 is 25.2 Å². The number of azide groups is 1. The van der Waals surface area contributed by atoms with Crippen molar-refractivity contribution in [3.8, 4) is 0 Å². The Morgan fingerprint density at radius 3 is 2.67 bits per heavy atom. The molecule has 14 heteroatoms. The van der Waals surface area contributed by atoms with Crippen molar-refractivity contribution in [2.45, 2.75) is 89.2 Å². The van der Waals surface area contributed by atoms with Crippen LogP contribution in [0.15, 0.2) is 11.4 Å². The Morgan fingerprint density at radius 2 is 2.06 bits per heavy atom. The molecule has 2 unspecified atom stereocenters. The van der Waals surface area contributed by atoms with Gasteiger partial charge in [0.1, 0.15) is 18.5 Å². The van der Waals surface area contributed by atoms with Crippen LogP contribution in [0.2, 0.25) is 0 Å². The van der Waals surface area contributed by atoms with Gasteiger partial charge in [-0.05, 0) is 36.8 Å². The summed E-state index contributed by atoms with van der Waals surface area (Å²) in [5.41, 5.74) is 14.3. The highest BCUT2D eigenvalue weighted by Crippen LogP contribution is 2.44. The molecule has 1 fully saturated rings. The molecule has 33 heavy (non-hydrogen) atoms. The molecule has 4 N–H and O–H groups in total. The van der Waals surface area contributed by atoms with Crippen LogP contribution in [-0.4, -0.2) is 59.3 Å². The van der Waals surface area contributed by atoms with Crippen molar-refractivity contribution < 1.29 is 24.0 Å². The summed E-state index contributed by atoms with van der Waals surface area (Å²) >= 11 is 0. The van der Waals surface area contributed by atoms with E-state index in [4.69, 9.17) is 20.5 Å². The van der Waals surface area contributed by atoms with Crippen LogP contribution in [0.3, 0.4) is 0 Å². The molecule has 6 atom stereocenters. The molecule has 3 rings (SSSR count). The quantitative estimate of drug-likeness (QED) is 0.197. The molecule has 182 valence electrons. The van der Waals surface area contributed by atoms with Crippen LogP contribution < -0.4 is 5.73 Å². The summed E-state index contributed by atoms with van der Waals surface area (Å²) in [7, 11) is -2.32. The minimum Gasteiger partial charge on any atom is -0.388 e. The fourth-order valence-electron chi connectivity index (χ4n) is 4.00. The molecule has 2 aromatic rings. The topological polar surface area (TPSA) is 194 Å². The van der Waals surface area contributed by atoms with Gasteiger partial charge in [-0.3, -0.25) is 9.13 Å². The minimum atomic E-state index is -2.32. The molecule has 0 spiro atoms. The zero-order valence-electron chi connectivity index (χ0n) is 19.1. The number of fused-ring (bicyclic) bond motifs is 1. The molecule has 13 nitrogen and oxygen atoms in total. The standard InChI is InChI=1S/C19H31N8O5P/c1-5-10(6-2)33(30)32-19(4,7-3)8-11-13(28)14(29)17(31-11)27-16-12(15(20)22-9-23-16)24-18(27)25-26-21/h9-11,13-14,17,28-29,33H,5-8H2,1-4H3,(H2,20,22,23)/t11-,13-,14-,17+,19?/m1/s1. The Labute approximate surface area is 191 Å². The van der Waals surface area contributed by atoms with E-state index in [-0.39, 0.29) is 35.0 Å². The van der Waals surface area contributed by atoms with E-state index in [9.17, 15) is 14.8 Å². The molecule has 3 heterocycles. The van der Waals surface area contributed by atoms with E-state index in [1.807, 2.05) is 27.7 Å². The van der Waals surface area contributed by atoms with E-state index >= 15 is 0 Å². The first kappa shape index (κ1) is 25.4. The summed E-state index contributed by atoms with van der Waals surface area (Å²) in [6.45, 7) is 7.67. The second-order valence-electron chi connectivity index (χ2n) is 8.39. The van der Waals surface area contributed by atoms with Gasteiger partial charge in [-0.2, -0.15) is 0 Å². The zero-order valence-corrected chi connectivity index (χ0v) is 20.1. The Morgan fingerprint density at radius 1 is 1.36 bits per heavy atom. The number of anilines is 1. The first-order valence-electron chi connectivity index (χ1n) is 11.0. The molecule has 0 bridgehead atoms. The Balaban J connectivity index is 1.90. The fraction of sp³-hybridized carbons (Fsp3) is 0.737. The van der Waals surface area contributed by atoms with Crippen molar-refractivity contribution in [3.63, 3.8) is 0 Å². The molecule has 0 aromatic carbocycles. The number of hydrogen-bond donors (Lipinski definition) is 3. The van der Waals surface area contributed by atoms with E-state index in [2.05, 4.69) is 25.0 Å². The van der Waals surface area contributed by atoms with Gasteiger partial charge in [0.15, 0.2) is 31.2 Å². The molecule has 1 aliphatic heterocycles. The van der Waals surface area contributed by atoms with Gasteiger partial charge in [0, 0.05) is 17.0 Å². The summed E-state index contributed by atoms with van der Waals surface area (Å²) in [6.07, 6.45) is -1.24. The molecular weight excluding hydrogens is 451 g/mol. The molecule has 0 saturated carbocycles. The second-order valence-corrected chi connectivity index (χ2v) is 10.0. The number of imidazole rings is 1. The molecule has 1 aliphatic rings. The third-order valence-electron chi connectivity index (χ3n) is 6.26. The first-order valence-corrected chi connectivity index (χ1v) is 12.4. The van der Waals surface area contributed by atoms with Gasteiger partial charge >= 0.3 is 0 Å². The number of aliphatic hydroxyl groups excluding tert-OH is 2. The van der Waals surface area contributed by atoms with Crippen molar-refractivity contribution in [3.05, 3.63) is 16.8 Å². The third kappa shape index (κ3) is 4.98. The summed E-state index contributed by atoms with van der Waals surface area (Å²) < 4.78 is 26.1. The van der Waals surface area contributed by atoms with E-state index in [1.165, 1.54) is 10.9 Å². The van der Waals surface area contributed by atoms with Crippen molar-refractivity contribution in [1.29, 1.82) is 0 Å². The lowest BCUT2D eigenvalue weighted by molar-refractivity contribution is -0.0615. The molecular formula is C19H31N8O5P. The van der Waals surface area contributed by atoms with E-state index < -0.39 is 38.2 Å². The summed E-state index contributed by atoms with van der Waals surface area (Å²) in [4.78, 5) is 14.9. The van der Waals surface area contributed by atoms with Gasteiger partial charge in [0.05, 0.1) is 11.7 Å². The number of hydrogen-bond acceptors (Lipinski definition) is 10. The highest BCUT2D eigenvalue weighted by atomic mass is 31.1. The van der Waals surface area contributed by atoms with Crippen molar-refractivity contribution >= 4 is 31.0 Å². The number of aliphatic hydroxyl groups is 2. The lowest BCUT2D eigenvalue weighted by atomic mass is 9.93. The summed E-state index contributed by atoms with van der Waals surface area (Å²) in [5.74, 6) is -0.0684. The predicted octanol–water partition coefficient (Wildman–Crippen LogP) is 3.21. The van der Waals surface area contributed by atoms with Crippen LogP contribution in [-0.2, 0) is 13.8 Å². The third-order valence-corrected chi connectivity index (χ3v) is 8.44. The minimum absolute atomic E-state index is 0.0255. The van der Waals surface area contributed by atoms with Crippen LogP contribution >= 0.6 is 8.03 Å². The van der Waals surface area contributed by atoms with Gasteiger partial charge in [-0.1, -0.05) is 20.8 Å². The van der Waals surface area contributed by atoms with Gasteiger partial charge in [0.2, 0.25) is 5.95 Å². The van der Waals surface area contributed by atoms with Gasteiger partial charge in [-0.15, -0.1) is 0 Å². The Hall–Kier alpha value is -2.27. The summed E-state index contributed by atoms with van der Waals surface area (Å²) in [6, 6.07) is 0. The normalized spacial score (nSPS) is 25.8. The predicted molar refractivity (Wildman–Crippen MR) is 122 cm³/mol. The molecule has 0 radical (unpaired) electrons. The van der Waals surface area contributed by atoms with Crippen LogP contribution in [0, 0.1) is 0 Å². The summed E-state index contributed by atoms with van der Waals surface area (Å²) in [5, 5.41) is 25.1. The number of nitrogens with two attached hydrogens (primary N) is 1.